The Morgan fingerprint density at radius 2 is 2.00 bits per heavy atom. The summed E-state index contributed by atoms with van der Waals surface area (Å²) in [6.45, 7) is 4.10. The van der Waals surface area contributed by atoms with Gasteiger partial charge in [-0.2, -0.15) is 4.98 Å². The summed E-state index contributed by atoms with van der Waals surface area (Å²) in [5, 5.41) is 3.29. The molecule has 5 rings (SSSR count). The smallest absolute Gasteiger partial charge is 0.229 e. The Kier molecular flexibility index (Phi) is 5.33. The van der Waals surface area contributed by atoms with E-state index >= 15 is 0 Å². The van der Waals surface area contributed by atoms with E-state index in [4.69, 9.17) is 14.5 Å². The number of nitrogens with one attached hydrogen (secondary N) is 1. The van der Waals surface area contributed by atoms with Crippen molar-refractivity contribution in [2.45, 2.75) is 13.5 Å². The second-order valence-electron chi connectivity index (χ2n) is 7.57. The van der Waals surface area contributed by atoms with Gasteiger partial charge in [-0.1, -0.05) is 30.3 Å². The highest BCUT2D eigenvalue weighted by Gasteiger charge is 2.21. The van der Waals surface area contributed by atoms with Crippen molar-refractivity contribution in [3.8, 4) is 17.2 Å². The maximum absolute atomic E-state index is 5.78. The summed E-state index contributed by atoms with van der Waals surface area (Å²) in [7, 11) is 1.65. The molecule has 0 saturated carbocycles. The second-order valence-corrected chi connectivity index (χ2v) is 7.57. The number of anilines is 3. The Labute approximate surface area is 186 Å². The van der Waals surface area contributed by atoms with Crippen molar-refractivity contribution in [1.82, 2.24) is 19.5 Å². The molecule has 4 aromatic rings. The Morgan fingerprint density at radius 3 is 2.78 bits per heavy atom. The molecule has 8 nitrogen and oxygen atoms in total. The average Bonchev–Trinajstić information content (AvgIpc) is 3.26. The highest BCUT2D eigenvalue weighted by molar-refractivity contribution is 5.64. The number of nitrogens with zero attached hydrogens (tertiary/aromatic N) is 5. The minimum Gasteiger partial charge on any atom is -0.494 e. The van der Waals surface area contributed by atoms with Crippen LogP contribution < -0.4 is 19.7 Å². The Bertz CT molecular complexity index is 1220. The molecule has 0 fully saturated rings. The van der Waals surface area contributed by atoms with Gasteiger partial charge in [0.05, 0.1) is 37.6 Å². The molecular formula is C24H24N6O2. The molecule has 3 heterocycles. The lowest BCUT2D eigenvalue weighted by molar-refractivity contribution is 0.303. The summed E-state index contributed by atoms with van der Waals surface area (Å²) < 4.78 is 13.3. The SMILES string of the molecule is COc1cc(Nc2ncc3c(n2)N(Cc2ccccc2)CCO3)ccc1-n1cnc(C)c1. The van der Waals surface area contributed by atoms with E-state index in [1.807, 2.05) is 54.1 Å². The predicted octanol–water partition coefficient (Wildman–Crippen LogP) is 4.12. The van der Waals surface area contributed by atoms with Crippen molar-refractivity contribution in [3.05, 3.63) is 78.5 Å². The number of aryl methyl sites for hydroxylation is 1. The van der Waals surface area contributed by atoms with Crippen LogP contribution in [0.1, 0.15) is 11.3 Å². The summed E-state index contributed by atoms with van der Waals surface area (Å²) in [6, 6.07) is 16.2. The minimum atomic E-state index is 0.501. The molecule has 0 aliphatic carbocycles. The fraction of sp³-hybridized carbons (Fsp3) is 0.208. The number of rotatable bonds is 6. The molecule has 32 heavy (non-hydrogen) atoms. The first-order chi connectivity index (χ1) is 15.7. The average molecular weight is 428 g/mol. The van der Waals surface area contributed by atoms with Gasteiger partial charge >= 0.3 is 0 Å². The van der Waals surface area contributed by atoms with Crippen molar-refractivity contribution in [3.63, 3.8) is 0 Å². The van der Waals surface area contributed by atoms with E-state index in [1.54, 1.807) is 19.6 Å². The standard InChI is InChI=1S/C24H24N6O2/c1-17-14-30(16-26-17)20-9-8-19(12-21(20)31-2)27-24-25-13-22-23(28-24)29(10-11-32-22)15-18-6-4-3-5-7-18/h3-9,12-14,16H,10-11,15H2,1-2H3,(H,25,27,28). The fourth-order valence-electron chi connectivity index (χ4n) is 3.73. The lowest BCUT2D eigenvalue weighted by Gasteiger charge is -2.30. The second kappa shape index (κ2) is 8.58. The van der Waals surface area contributed by atoms with Crippen LogP contribution in [-0.4, -0.2) is 39.8 Å². The lowest BCUT2D eigenvalue weighted by atomic mass is 10.2. The molecule has 2 aromatic carbocycles. The van der Waals surface area contributed by atoms with Crippen molar-refractivity contribution in [2.75, 3.05) is 30.5 Å². The zero-order valence-electron chi connectivity index (χ0n) is 18.0. The molecular weight excluding hydrogens is 404 g/mol. The number of hydrogen-bond donors (Lipinski definition) is 1. The number of ether oxygens (including phenoxy) is 2. The monoisotopic (exact) mass is 428 g/mol. The summed E-state index contributed by atoms with van der Waals surface area (Å²) >= 11 is 0. The number of methoxy groups -OCH3 is 1. The molecule has 0 spiro atoms. The van der Waals surface area contributed by atoms with E-state index in [-0.39, 0.29) is 0 Å². The van der Waals surface area contributed by atoms with Gasteiger partial charge in [-0.3, -0.25) is 0 Å². The molecule has 0 amide bonds. The van der Waals surface area contributed by atoms with Gasteiger partial charge in [0.2, 0.25) is 5.95 Å². The van der Waals surface area contributed by atoms with Crippen LogP contribution >= 0.6 is 0 Å². The first-order valence-electron chi connectivity index (χ1n) is 10.4. The Balaban J connectivity index is 1.40. The van der Waals surface area contributed by atoms with Gasteiger partial charge in [-0.15, -0.1) is 0 Å². The van der Waals surface area contributed by atoms with Crippen molar-refractivity contribution in [1.29, 1.82) is 0 Å². The molecule has 2 aromatic heterocycles. The highest BCUT2D eigenvalue weighted by atomic mass is 16.5. The normalized spacial score (nSPS) is 12.8. The molecule has 0 saturated heterocycles. The van der Waals surface area contributed by atoms with Gasteiger partial charge < -0.3 is 24.3 Å². The lowest BCUT2D eigenvalue weighted by Crippen LogP contribution is -2.33. The van der Waals surface area contributed by atoms with Crippen LogP contribution in [0.4, 0.5) is 17.5 Å². The zero-order chi connectivity index (χ0) is 21.9. The van der Waals surface area contributed by atoms with Gasteiger partial charge in [0.15, 0.2) is 11.6 Å². The summed E-state index contributed by atoms with van der Waals surface area (Å²) in [4.78, 5) is 15.7. The summed E-state index contributed by atoms with van der Waals surface area (Å²) in [5.41, 5.74) is 3.91. The zero-order valence-corrected chi connectivity index (χ0v) is 18.0. The minimum absolute atomic E-state index is 0.501. The largest absolute Gasteiger partial charge is 0.494 e. The van der Waals surface area contributed by atoms with Crippen LogP contribution in [-0.2, 0) is 6.54 Å². The van der Waals surface area contributed by atoms with Crippen molar-refractivity contribution >= 4 is 17.5 Å². The topological polar surface area (TPSA) is 77.3 Å². The van der Waals surface area contributed by atoms with Gasteiger partial charge in [-0.05, 0) is 24.6 Å². The Morgan fingerprint density at radius 1 is 1.12 bits per heavy atom. The van der Waals surface area contributed by atoms with Crippen LogP contribution in [0, 0.1) is 6.92 Å². The van der Waals surface area contributed by atoms with E-state index in [2.05, 4.69) is 32.3 Å². The van der Waals surface area contributed by atoms with E-state index < -0.39 is 0 Å². The summed E-state index contributed by atoms with van der Waals surface area (Å²) in [5.74, 6) is 2.70. The number of fused-ring (bicyclic) bond motifs is 1. The van der Waals surface area contributed by atoms with E-state index in [0.29, 0.717) is 18.3 Å². The Hall–Kier alpha value is -4.07. The molecule has 1 aliphatic heterocycles. The third-order valence-corrected chi connectivity index (χ3v) is 5.30. The first kappa shape index (κ1) is 19.9. The fourth-order valence-corrected chi connectivity index (χ4v) is 3.73. The van der Waals surface area contributed by atoms with Crippen LogP contribution in [0.2, 0.25) is 0 Å². The van der Waals surface area contributed by atoms with Gasteiger partial charge in [-0.25, -0.2) is 9.97 Å². The van der Waals surface area contributed by atoms with Crippen LogP contribution in [0.25, 0.3) is 5.69 Å². The van der Waals surface area contributed by atoms with Gasteiger partial charge in [0.1, 0.15) is 12.4 Å². The molecule has 0 radical (unpaired) electrons. The van der Waals surface area contributed by atoms with Gasteiger partial charge in [0.25, 0.3) is 0 Å². The molecule has 0 bridgehead atoms. The third-order valence-electron chi connectivity index (χ3n) is 5.30. The molecule has 8 heteroatoms. The van der Waals surface area contributed by atoms with Crippen LogP contribution in [0.15, 0.2) is 67.3 Å². The van der Waals surface area contributed by atoms with Crippen molar-refractivity contribution < 1.29 is 9.47 Å². The van der Waals surface area contributed by atoms with Gasteiger partial charge in [0, 0.05) is 24.5 Å². The molecule has 1 aliphatic rings. The first-order valence-corrected chi connectivity index (χ1v) is 10.4. The van der Waals surface area contributed by atoms with E-state index in [1.165, 1.54) is 5.56 Å². The maximum atomic E-state index is 5.78. The predicted molar refractivity (Wildman–Crippen MR) is 123 cm³/mol. The number of hydrogen-bond acceptors (Lipinski definition) is 7. The molecule has 1 N–H and O–H groups in total. The number of aromatic nitrogens is 4. The van der Waals surface area contributed by atoms with E-state index in [9.17, 15) is 0 Å². The molecule has 0 unspecified atom stereocenters. The van der Waals surface area contributed by atoms with Crippen LogP contribution in [0.5, 0.6) is 11.5 Å². The highest BCUT2D eigenvalue weighted by Crippen LogP contribution is 2.32. The van der Waals surface area contributed by atoms with Crippen molar-refractivity contribution in [2.24, 2.45) is 0 Å². The third kappa shape index (κ3) is 4.07. The number of benzene rings is 2. The van der Waals surface area contributed by atoms with Crippen LogP contribution in [0.3, 0.4) is 0 Å². The van der Waals surface area contributed by atoms with E-state index in [0.717, 1.165) is 41.7 Å². The molecule has 0 atom stereocenters. The quantitative estimate of drug-likeness (QED) is 0.495. The molecule has 162 valence electrons. The summed E-state index contributed by atoms with van der Waals surface area (Å²) in [6.07, 6.45) is 5.45. The number of imidazole rings is 1. The maximum Gasteiger partial charge on any atom is 0.229 e.